The second-order valence-corrected chi connectivity index (χ2v) is 8.75. The van der Waals surface area contributed by atoms with E-state index in [9.17, 15) is 10.1 Å². The molecule has 33 heavy (non-hydrogen) atoms. The van der Waals surface area contributed by atoms with Crippen LogP contribution in [0.5, 0.6) is 11.6 Å². The summed E-state index contributed by atoms with van der Waals surface area (Å²) in [7, 11) is 0. The lowest BCUT2D eigenvalue weighted by molar-refractivity contribution is -0.118. The molecular weight excluding hydrogens is 486 g/mol. The molecule has 2 aromatic carbocycles. The van der Waals surface area contributed by atoms with Crippen molar-refractivity contribution in [3.05, 3.63) is 80.3 Å². The molecule has 0 saturated carbocycles. The van der Waals surface area contributed by atoms with Crippen LogP contribution in [0.1, 0.15) is 33.9 Å². The summed E-state index contributed by atoms with van der Waals surface area (Å²) in [5, 5.41) is 19.7. The van der Waals surface area contributed by atoms with Crippen molar-refractivity contribution < 1.29 is 14.3 Å². The molecule has 1 aliphatic rings. The van der Waals surface area contributed by atoms with Gasteiger partial charge in [-0.3, -0.25) is 9.89 Å². The Kier molecular flexibility index (Phi) is 6.11. The van der Waals surface area contributed by atoms with E-state index in [2.05, 4.69) is 37.5 Å². The summed E-state index contributed by atoms with van der Waals surface area (Å²) in [6.07, 6.45) is 0. The van der Waals surface area contributed by atoms with Crippen molar-refractivity contribution in [1.82, 2.24) is 10.2 Å². The minimum atomic E-state index is -0.563. The number of rotatable bonds is 5. The summed E-state index contributed by atoms with van der Waals surface area (Å²) in [5.74, 6) is -0.103. The summed E-state index contributed by atoms with van der Waals surface area (Å²) < 4.78 is 12.3. The molecule has 0 bridgehead atoms. The van der Waals surface area contributed by atoms with E-state index in [1.54, 1.807) is 6.07 Å². The molecule has 9 heteroatoms. The van der Waals surface area contributed by atoms with E-state index in [1.165, 1.54) is 0 Å². The third kappa shape index (κ3) is 4.43. The first-order valence-electron chi connectivity index (χ1n) is 10.2. The third-order valence-corrected chi connectivity index (χ3v) is 5.93. The highest BCUT2D eigenvalue weighted by Crippen LogP contribution is 2.46. The predicted octanol–water partition coefficient (Wildman–Crippen LogP) is 4.33. The van der Waals surface area contributed by atoms with Crippen LogP contribution in [-0.2, 0) is 4.79 Å². The molecule has 1 unspecified atom stereocenters. The third-order valence-electron chi connectivity index (χ3n) is 5.44. The van der Waals surface area contributed by atoms with Gasteiger partial charge in [-0.15, -0.1) is 5.10 Å². The van der Waals surface area contributed by atoms with Gasteiger partial charge in [-0.25, -0.2) is 0 Å². The van der Waals surface area contributed by atoms with Gasteiger partial charge in [0.15, 0.2) is 6.61 Å². The number of hydrogen-bond donors (Lipinski definition) is 3. The number of aromatic nitrogens is 2. The van der Waals surface area contributed by atoms with Crippen molar-refractivity contribution in [1.29, 1.82) is 5.26 Å². The lowest BCUT2D eigenvalue weighted by atomic mass is 9.83. The standard InChI is InChI=1S/C24H22BrN5O3/c1-12-4-5-13(2)18(8-12)28-20(31)11-32-19-7-6-15(25)9-16(19)22-17(10-26)23(27)33-24-21(22)14(3)29-30-24/h4-9,22H,11,27H2,1-3H3,(H,28,31)(H,29,30). The normalized spacial score (nSPS) is 14.8. The minimum Gasteiger partial charge on any atom is -0.483 e. The second-order valence-electron chi connectivity index (χ2n) is 7.83. The highest BCUT2D eigenvalue weighted by molar-refractivity contribution is 9.10. The molecule has 3 aromatic rings. The van der Waals surface area contributed by atoms with Crippen LogP contribution in [0, 0.1) is 32.1 Å². The van der Waals surface area contributed by atoms with Gasteiger partial charge in [-0.1, -0.05) is 28.1 Å². The monoisotopic (exact) mass is 507 g/mol. The molecule has 0 saturated heterocycles. The number of nitrogens with two attached hydrogens (primary N) is 1. The number of carbonyl (C=O) groups excluding carboxylic acids is 1. The second kappa shape index (κ2) is 9.00. The molecule has 4 rings (SSSR count). The number of nitrogens with zero attached hydrogens (tertiary/aromatic N) is 2. The van der Waals surface area contributed by atoms with Crippen molar-refractivity contribution in [3.8, 4) is 17.7 Å². The lowest BCUT2D eigenvalue weighted by Gasteiger charge is -2.25. The van der Waals surface area contributed by atoms with E-state index in [-0.39, 0.29) is 24.0 Å². The van der Waals surface area contributed by atoms with Crippen LogP contribution in [0.15, 0.2) is 52.3 Å². The van der Waals surface area contributed by atoms with Crippen LogP contribution in [0.2, 0.25) is 0 Å². The highest BCUT2D eigenvalue weighted by atomic mass is 79.9. The number of ether oxygens (including phenoxy) is 2. The first-order valence-corrected chi connectivity index (χ1v) is 11.0. The van der Waals surface area contributed by atoms with Gasteiger partial charge < -0.3 is 20.5 Å². The van der Waals surface area contributed by atoms with Crippen molar-refractivity contribution >= 4 is 27.5 Å². The zero-order chi connectivity index (χ0) is 23.7. The number of aromatic amines is 1. The molecule has 0 radical (unpaired) electrons. The molecule has 2 heterocycles. The van der Waals surface area contributed by atoms with Gasteiger partial charge >= 0.3 is 0 Å². The Morgan fingerprint density at radius 1 is 1.30 bits per heavy atom. The first kappa shape index (κ1) is 22.4. The van der Waals surface area contributed by atoms with Gasteiger partial charge in [0, 0.05) is 27.0 Å². The molecule has 1 atom stereocenters. The molecule has 0 fully saturated rings. The average molecular weight is 508 g/mol. The van der Waals surface area contributed by atoms with Crippen molar-refractivity contribution in [2.24, 2.45) is 5.73 Å². The summed E-state index contributed by atoms with van der Waals surface area (Å²) in [6.45, 7) is 5.53. The molecule has 8 nitrogen and oxygen atoms in total. The van der Waals surface area contributed by atoms with Gasteiger partial charge in [-0.2, -0.15) is 5.26 Å². The predicted molar refractivity (Wildman–Crippen MR) is 127 cm³/mol. The Bertz CT molecular complexity index is 1320. The number of carbonyl (C=O) groups is 1. The van der Waals surface area contributed by atoms with E-state index in [0.29, 0.717) is 22.8 Å². The number of aryl methyl sites for hydroxylation is 3. The Morgan fingerprint density at radius 3 is 2.85 bits per heavy atom. The maximum Gasteiger partial charge on any atom is 0.262 e. The maximum atomic E-state index is 12.6. The molecule has 1 amide bonds. The van der Waals surface area contributed by atoms with Crippen LogP contribution in [0.3, 0.4) is 0 Å². The van der Waals surface area contributed by atoms with E-state index >= 15 is 0 Å². The maximum absolute atomic E-state index is 12.6. The quantitative estimate of drug-likeness (QED) is 0.471. The molecule has 0 aliphatic carbocycles. The zero-order valence-corrected chi connectivity index (χ0v) is 19.9. The molecule has 0 spiro atoms. The Morgan fingerprint density at radius 2 is 2.09 bits per heavy atom. The van der Waals surface area contributed by atoms with Crippen LogP contribution in [0.4, 0.5) is 5.69 Å². The number of nitrogens with one attached hydrogen (secondary N) is 2. The number of benzene rings is 2. The fraction of sp³-hybridized carbons (Fsp3) is 0.208. The Hall–Kier alpha value is -3.77. The Balaban J connectivity index is 1.65. The SMILES string of the molecule is Cc1ccc(C)c(NC(=O)COc2ccc(Br)cc2C2C(C#N)=C(N)Oc3n[nH]c(C)c32)c1. The van der Waals surface area contributed by atoms with Crippen molar-refractivity contribution in [2.75, 3.05) is 11.9 Å². The van der Waals surface area contributed by atoms with Crippen LogP contribution in [0.25, 0.3) is 0 Å². The van der Waals surface area contributed by atoms with Crippen LogP contribution in [-0.4, -0.2) is 22.7 Å². The fourth-order valence-corrected chi connectivity index (χ4v) is 4.16. The minimum absolute atomic E-state index is 0.0138. The van der Waals surface area contributed by atoms with Crippen LogP contribution < -0.4 is 20.5 Å². The molecule has 1 aromatic heterocycles. The largest absolute Gasteiger partial charge is 0.483 e. The number of hydrogen-bond acceptors (Lipinski definition) is 6. The number of halogens is 1. The summed E-state index contributed by atoms with van der Waals surface area (Å²) in [4.78, 5) is 12.6. The zero-order valence-electron chi connectivity index (χ0n) is 18.3. The molecular formula is C24H22BrN5O3. The Labute approximate surface area is 199 Å². The van der Waals surface area contributed by atoms with E-state index in [1.807, 2.05) is 51.1 Å². The summed E-state index contributed by atoms with van der Waals surface area (Å²) in [6, 6.07) is 13.4. The molecule has 168 valence electrons. The van der Waals surface area contributed by atoms with Gasteiger partial charge in [0.25, 0.3) is 5.91 Å². The van der Waals surface area contributed by atoms with E-state index in [4.69, 9.17) is 15.2 Å². The number of nitriles is 1. The number of amides is 1. The van der Waals surface area contributed by atoms with Gasteiger partial charge in [0.2, 0.25) is 11.8 Å². The van der Waals surface area contributed by atoms with Crippen LogP contribution >= 0.6 is 15.9 Å². The average Bonchev–Trinajstić information content (AvgIpc) is 3.14. The van der Waals surface area contributed by atoms with Gasteiger partial charge in [0.05, 0.1) is 5.92 Å². The number of fused-ring (bicyclic) bond motifs is 1. The smallest absolute Gasteiger partial charge is 0.262 e. The molecule has 1 aliphatic heterocycles. The van der Waals surface area contributed by atoms with Gasteiger partial charge in [-0.05, 0) is 56.2 Å². The highest BCUT2D eigenvalue weighted by Gasteiger charge is 2.36. The lowest BCUT2D eigenvalue weighted by Crippen LogP contribution is -2.23. The van der Waals surface area contributed by atoms with Crippen molar-refractivity contribution in [2.45, 2.75) is 26.7 Å². The number of anilines is 1. The summed E-state index contributed by atoms with van der Waals surface area (Å²) in [5.41, 5.74) is 11.1. The topological polar surface area (TPSA) is 126 Å². The fourth-order valence-electron chi connectivity index (χ4n) is 3.79. The van der Waals surface area contributed by atoms with E-state index in [0.717, 1.165) is 27.0 Å². The van der Waals surface area contributed by atoms with E-state index < -0.39 is 5.92 Å². The molecule has 4 N–H and O–H groups in total. The first-order chi connectivity index (χ1) is 15.8. The number of allylic oxidation sites excluding steroid dienone is 1. The van der Waals surface area contributed by atoms with Crippen molar-refractivity contribution in [3.63, 3.8) is 0 Å². The van der Waals surface area contributed by atoms with Gasteiger partial charge in [0.1, 0.15) is 17.4 Å². The summed E-state index contributed by atoms with van der Waals surface area (Å²) >= 11 is 3.49. The number of H-pyrrole nitrogens is 1.